The topological polar surface area (TPSA) is 61.8 Å². The third-order valence-corrected chi connectivity index (χ3v) is 3.75. The van der Waals surface area contributed by atoms with Crippen LogP contribution in [0.4, 0.5) is 0 Å². The molecule has 0 saturated carbocycles. The molecule has 0 aromatic carbocycles. The number of carbonyl (C=O) groups excluding carboxylic acids is 1. The Balaban J connectivity index is 1.66. The monoisotopic (exact) mass is 242 g/mol. The Bertz CT molecular complexity index is 264. The molecule has 0 aliphatic carbocycles. The van der Waals surface area contributed by atoms with Gasteiger partial charge >= 0.3 is 5.97 Å². The Labute approximate surface area is 102 Å². The molecule has 5 nitrogen and oxygen atoms in total. The summed E-state index contributed by atoms with van der Waals surface area (Å²) in [4.78, 5) is 13.1. The van der Waals surface area contributed by atoms with Crippen LogP contribution in [0.5, 0.6) is 0 Å². The molecule has 0 radical (unpaired) electrons. The summed E-state index contributed by atoms with van der Waals surface area (Å²) >= 11 is 0. The summed E-state index contributed by atoms with van der Waals surface area (Å²) in [6.07, 6.45) is 1.92. The van der Waals surface area contributed by atoms with Crippen molar-refractivity contribution >= 4 is 5.97 Å². The number of hydrogen-bond donors (Lipinski definition) is 2. The van der Waals surface area contributed by atoms with Gasteiger partial charge in [0.1, 0.15) is 12.7 Å². The van der Waals surface area contributed by atoms with Gasteiger partial charge in [-0.05, 0) is 31.8 Å². The minimum atomic E-state index is -0.602. The second-order valence-corrected chi connectivity index (χ2v) is 5.11. The van der Waals surface area contributed by atoms with Crippen molar-refractivity contribution in [3.8, 4) is 0 Å². The van der Waals surface area contributed by atoms with E-state index in [2.05, 4.69) is 10.2 Å². The van der Waals surface area contributed by atoms with Crippen LogP contribution in [0.3, 0.4) is 0 Å². The molecule has 17 heavy (non-hydrogen) atoms. The van der Waals surface area contributed by atoms with E-state index in [9.17, 15) is 9.90 Å². The lowest BCUT2D eigenvalue weighted by Gasteiger charge is -2.45. The van der Waals surface area contributed by atoms with Crippen molar-refractivity contribution in [2.24, 2.45) is 5.92 Å². The average molecular weight is 242 g/mol. The Morgan fingerprint density at radius 3 is 2.76 bits per heavy atom. The van der Waals surface area contributed by atoms with Crippen molar-refractivity contribution in [2.45, 2.75) is 31.9 Å². The predicted molar refractivity (Wildman–Crippen MR) is 63.6 cm³/mol. The zero-order valence-corrected chi connectivity index (χ0v) is 10.4. The summed E-state index contributed by atoms with van der Waals surface area (Å²) < 4.78 is 4.77. The van der Waals surface area contributed by atoms with Crippen molar-refractivity contribution in [2.75, 3.05) is 32.8 Å². The molecule has 3 aliphatic heterocycles. The lowest BCUT2D eigenvalue weighted by Crippen LogP contribution is -2.57. The highest BCUT2D eigenvalue weighted by molar-refractivity contribution is 5.65. The van der Waals surface area contributed by atoms with Gasteiger partial charge in [0.2, 0.25) is 0 Å². The number of nitrogens with zero attached hydrogens (tertiary/aromatic N) is 1. The highest BCUT2D eigenvalue weighted by atomic mass is 16.5. The molecule has 3 saturated heterocycles. The first-order valence-electron chi connectivity index (χ1n) is 6.42. The van der Waals surface area contributed by atoms with Gasteiger partial charge in [0.05, 0.1) is 0 Å². The second-order valence-electron chi connectivity index (χ2n) is 5.11. The molecule has 0 aromatic heterocycles. The molecule has 2 bridgehead atoms. The molecule has 0 amide bonds. The van der Waals surface area contributed by atoms with Gasteiger partial charge in [0.25, 0.3) is 0 Å². The first kappa shape index (κ1) is 12.8. The van der Waals surface area contributed by atoms with E-state index in [1.54, 1.807) is 0 Å². The van der Waals surface area contributed by atoms with Crippen LogP contribution in [-0.4, -0.2) is 60.9 Å². The molecular formula is C12H22N2O3. The molecular weight excluding hydrogens is 220 g/mol. The largest absolute Gasteiger partial charge is 0.463 e. The molecule has 2 atom stereocenters. The highest BCUT2D eigenvalue weighted by Crippen LogP contribution is 2.27. The van der Waals surface area contributed by atoms with E-state index in [1.807, 2.05) is 0 Å². The van der Waals surface area contributed by atoms with Gasteiger partial charge in [0, 0.05) is 26.1 Å². The van der Waals surface area contributed by atoms with Gasteiger partial charge in [-0.3, -0.25) is 4.79 Å². The predicted octanol–water partition coefficient (Wildman–Crippen LogP) is -0.406. The fourth-order valence-corrected chi connectivity index (χ4v) is 2.76. The van der Waals surface area contributed by atoms with Gasteiger partial charge in [-0.1, -0.05) is 0 Å². The summed E-state index contributed by atoms with van der Waals surface area (Å²) in [5.41, 5.74) is 0. The van der Waals surface area contributed by atoms with Crippen LogP contribution in [0.2, 0.25) is 0 Å². The molecule has 3 heterocycles. The van der Waals surface area contributed by atoms with Crippen LogP contribution in [0, 0.1) is 5.92 Å². The maximum atomic E-state index is 10.6. The zero-order valence-electron chi connectivity index (χ0n) is 10.4. The molecule has 5 heteroatoms. The van der Waals surface area contributed by atoms with Crippen LogP contribution in [0.1, 0.15) is 19.8 Å². The SMILES string of the molecule is CC(=O)OCC(O)CNC1CN2CCC1CC2. The summed E-state index contributed by atoms with van der Waals surface area (Å²) in [5, 5.41) is 13.0. The summed E-state index contributed by atoms with van der Waals surface area (Å²) in [7, 11) is 0. The molecule has 0 aromatic rings. The number of esters is 1. The van der Waals surface area contributed by atoms with Crippen LogP contribution in [-0.2, 0) is 9.53 Å². The number of hydrogen-bond acceptors (Lipinski definition) is 5. The zero-order chi connectivity index (χ0) is 12.3. The van der Waals surface area contributed by atoms with E-state index in [-0.39, 0.29) is 12.6 Å². The first-order valence-corrected chi connectivity index (χ1v) is 6.42. The summed E-state index contributed by atoms with van der Waals surface area (Å²) in [6, 6.07) is 0.490. The number of fused-ring (bicyclic) bond motifs is 3. The number of aliphatic hydroxyl groups excluding tert-OH is 1. The van der Waals surface area contributed by atoms with Crippen molar-refractivity contribution in [3.05, 3.63) is 0 Å². The number of ether oxygens (including phenoxy) is 1. The van der Waals surface area contributed by atoms with Crippen molar-refractivity contribution in [3.63, 3.8) is 0 Å². The smallest absolute Gasteiger partial charge is 0.302 e. The number of nitrogens with one attached hydrogen (secondary N) is 1. The van der Waals surface area contributed by atoms with Gasteiger partial charge in [-0.2, -0.15) is 0 Å². The van der Waals surface area contributed by atoms with Gasteiger partial charge in [0.15, 0.2) is 0 Å². The number of aliphatic hydroxyl groups is 1. The van der Waals surface area contributed by atoms with Gasteiger partial charge < -0.3 is 20.1 Å². The molecule has 2 unspecified atom stereocenters. The van der Waals surface area contributed by atoms with Crippen LogP contribution >= 0.6 is 0 Å². The Morgan fingerprint density at radius 2 is 2.24 bits per heavy atom. The average Bonchev–Trinajstić information content (AvgIpc) is 2.35. The van der Waals surface area contributed by atoms with Gasteiger partial charge in [-0.15, -0.1) is 0 Å². The lowest BCUT2D eigenvalue weighted by molar-refractivity contribution is -0.143. The van der Waals surface area contributed by atoms with E-state index >= 15 is 0 Å². The van der Waals surface area contributed by atoms with E-state index in [0.29, 0.717) is 12.6 Å². The molecule has 98 valence electrons. The van der Waals surface area contributed by atoms with Gasteiger partial charge in [-0.25, -0.2) is 0 Å². The first-order chi connectivity index (χ1) is 8.15. The molecule has 3 fully saturated rings. The molecule has 2 N–H and O–H groups in total. The van der Waals surface area contributed by atoms with E-state index in [0.717, 1.165) is 12.5 Å². The van der Waals surface area contributed by atoms with Crippen molar-refractivity contribution in [1.29, 1.82) is 0 Å². The van der Waals surface area contributed by atoms with Crippen LogP contribution < -0.4 is 5.32 Å². The molecule has 0 spiro atoms. The maximum Gasteiger partial charge on any atom is 0.302 e. The summed E-state index contributed by atoms with van der Waals surface area (Å²) in [6.45, 7) is 5.47. The Morgan fingerprint density at radius 1 is 1.53 bits per heavy atom. The standard InChI is InChI=1S/C12H22N2O3/c1-9(15)17-8-11(16)6-13-12-7-14-4-2-10(12)3-5-14/h10-13,16H,2-8H2,1H3. The fraction of sp³-hybridized carbons (Fsp3) is 0.917. The third kappa shape index (κ3) is 3.66. The van der Waals surface area contributed by atoms with E-state index in [4.69, 9.17) is 4.74 Å². The minimum Gasteiger partial charge on any atom is -0.463 e. The maximum absolute atomic E-state index is 10.6. The third-order valence-electron chi connectivity index (χ3n) is 3.75. The lowest BCUT2D eigenvalue weighted by atomic mass is 9.84. The Hall–Kier alpha value is -0.650. The highest BCUT2D eigenvalue weighted by Gasteiger charge is 2.33. The quantitative estimate of drug-likeness (QED) is 0.642. The number of carbonyl (C=O) groups is 1. The Kier molecular flexibility index (Phi) is 4.36. The normalized spacial score (nSPS) is 33.4. The second kappa shape index (κ2) is 5.80. The molecule has 3 aliphatic rings. The number of rotatable bonds is 5. The molecule has 3 rings (SSSR count). The van der Waals surface area contributed by atoms with E-state index < -0.39 is 6.10 Å². The van der Waals surface area contributed by atoms with Crippen molar-refractivity contribution < 1.29 is 14.6 Å². The van der Waals surface area contributed by atoms with E-state index in [1.165, 1.54) is 32.9 Å². The van der Waals surface area contributed by atoms with Crippen molar-refractivity contribution in [1.82, 2.24) is 10.2 Å². The minimum absolute atomic E-state index is 0.0867. The number of piperidine rings is 3. The summed E-state index contributed by atoms with van der Waals surface area (Å²) in [5.74, 6) is 0.410. The van der Waals surface area contributed by atoms with Crippen LogP contribution in [0.25, 0.3) is 0 Å². The fourth-order valence-electron chi connectivity index (χ4n) is 2.76. The van der Waals surface area contributed by atoms with Crippen LogP contribution in [0.15, 0.2) is 0 Å².